The van der Waals surface area contributed by atoms with Crippen molar-refractivity contribution in [3.63, 3.8) is 0 Å². The molecule has 0 rings (SSSR count). The lowest BCUT2D eigenvalue weighted by atomic mass is 10.1. The molecule has 0 spiro atoms. The van der Waals surface area contributed by atoms with Crippen LogP contribution < -0.4 is 10.3 Å². The van der Waals surface area contributed by atoms with Crippen LogP contribution in [-0.2, 0) is 14.4 Å². The molecule has 0 atom stereocenters. The summed E-state index contributed by atoms with van der Waals surface area (Å²) in [6, 6.07) is 0. The van der Waals surface area contributed by atoms with Gasteiger partial charge in [0.05, 0.1) is 6.61 Å². The average molecular weight is 301 g/mol. The molecule has 5 nitrogen and oxygen atoms in total. The third kappa shape index (κ3) is 8.50. The molecule has 0 unspecified atom stereocenters. The highest BCUT2D eigenvalue weighted by Gasteiger charge is 1.98. The van der Waals surface area contributed by atoms with Crippen LogP contribution in [0.5, 0.6) is 0 Å². The van der Waals surface area contributed by atoms with E-state index in [-0.39, 0.29) is 11.8 Å². The van der Waals surface area contributed by atoms with Crippen molar-refractivity contribution in [1.82, 2.24) is 10.3 Å². The van der Waals surface area contributed by atoms with Gasteiger partial charge >= 0.3 is 0 Å². The number of carbonyl (C=O) groups excluding carboxylic acids is 2. The Kier molecular flexibility index (Phi) is 10.4. The first-order valence-corrected chi connectivity index (χ1v) is 6.78. The van der Waals surface area contributed by atoms with Crippen molar-refractivity contribution in [3.05, 3.63) is 35.5 Å². The molecule has 0 heterocycles. The fourth-order valence-corrected chi connectivity index (χ4v) is 1.29. The predicted molar refractivity (Wildman–Crippen MR) is 79.7 cm³/mol. The van der Waals surface area contributed by atoms with E-state index in [0.29, 0.717) is 18.6 Å². The Hall–Kier alpha value is -1.59. The molecule has 0 aliphatic carbocycles. The smallest absolute Gasteiger partial charge is 0.261 e. The lowest BCUT2D eigenvalue weighted by Crippen LogP contribution is -2.22. The molecule has 6 heteroatoms. The Bertz CT molecular complexity index is 415. The quantitative estimate of drug-likeness (QED) is 0.238. The topological polar surface area (TPSA) is 67.4 Å². The van der Waals surface area contributed by atoms with Crippen molar-refractivity contribution in [3.8, 4) is 0 Å². The summed E-state index contributed by atoms with van der Waals surface area (Å²) in [6.45, 7) is 5.72. The summed E-state index contributed by atoms with van der Waals surface area (Å²) in [5, 5.41) is 0. The maximum atomic E-state index is 11.1. The van der Waals surface area contributed by atoms with Crippen LogP contribution >= 0.6 is 11.8 Å². The zero-order chi connectivity index (χ0) is 15.4. The summed E-state index contributed by atoms with van der Waals surface area (Å²) in [5.74, 6) is -0.485. The molecule has 0 bridgehead atoms. The summed E-state index contributed by atoms with van der Waals surface area (Å²) >= 11 is 5.21. The summed E-state index contributed by atoms with van der Waals surface area (Å²) in [6.07, 6.45) is 8.36. The van der Waals surface area contributed by atoms with E-state index in [0.717, 1.165) is 12.0 Å². The molecule has 2 amide bonds. The van der Waals surface area contributed by atoms with Gasteiger partial charge in [-0.3, -0.25) is 19.3 Å². The third-order valence-corrected chi connectivity index (χ3v) is 2.62. The van der Waals surface area contributed by atoms with Gasteiger partial charge in [-0.1, -0.05) is 38.2 Å². The van der Waals surface area contributed by atoms with Crippen LogP contribution in [0.25, 0.3) is 0 Å². The third-order valence-electron chi connectivity index (χ3n) is 2.44. The SMILES string of the molecule is CCC(=O)NOC/C=C(/C=C\C=C(/C)C(=O)NCl)CC. The number of hydrogen-bond donors (Lipinski definition) is 2. The maximum absolute atomic E-state index is 11.1. The monoisotopic (exact) mass is 300 g/mol. The molecule has 0 fully saturated rings. The molecule has 0 saturated carbocycles. The summed E-state index contributed by atoms with van der Waals surface area (Å²) in [5.41, 5.74) is 3.87. The van der Waals surface area contributed by atoms with Gasteiger partial charge in [-0.25, -0.2) is 5.48 Å². The van der Waals surface area contributed by atoms with Crippen LogP contribution in [0, 0.1) is 0 Å². The van der Waals surface area contributed by atoms with Gasteiger partial charge in [0, 0.05) is 23.8 Å². The van der Waals surface area contributed by atoms with E-state index in [9.17, 15) is 9.59 Å². The van der Waals surface area contributed by atoms with E-state index >= 15 is 0 Å². The molecule has 2 N–H and O–H groups in total. The van der Waals surface area contributed by atoms with Crippen molar-refractivity contribution in [1.29, 1.82) is 0 Å². The maximum Gasteiger partial charge on any atom is 0.261 e. The molecular weight excluding hydrogens is 280 g/mol. The second kappa shape index (κ2) is 11.3. The van der Waals surface area contributed by atoms with Crippen molar-refractivity contribution in [2.75, 3.05) is 6.61 Å². The first kappa shape index (κ1) is 18.4. The molecule has 0 saturated heterocycles. The van der Waals surface area contributed by atoms with Crippen LogP contribution in [0.15, 0.2) is 35.5 Å². The number of hydrogen-bond acceptors (Lipinski definition) is 3. The van der Waals surface area contributed by atoms with Crippen LogP contribution in [0.3, 0.4) is 0 Å². The van der Waals surface area contributed by atoms with Gasteiger partial charge in [-0.15, -0.1) is 0 Å². The molecule has 0 aromatic carbocycles. The summed E-state index contributed by atoms with van der Waals surface area (Å²) < 4.78 is 0. The van der Waals surface area contributed by atoms with E-state index in [1.807, 2.05) is 23.9 Å². The van der Waals surface area contributed by atoms with Gasteiger partial charge in [0.1, 0.15) is 0 Å². The fraction of sp³-hybridized carbons (Fsp3) is 0.429. The van der Waals surface area contributed by atoms with E-state index in [1.54, 1.807) is 26.0 Å². The van der Waals surface area contributed by atoms with E-state index in [1.165, 1.54) is 0 Å². The van der Waals surface area contributed by atoms with E-state index in [4.69, 9.17) is 16.6 Å². The molecular formula is C14H21ClN2O3. The van der Waals surface area contributed by atoms with Gasteiger partial charge in [0.15, 0.2) is 0 Å². The lowest BCUT2D eigenvalue weighted by Gasteiger charge is -2.02. The number of rotatable bonds is 8. The van der Waals surface area contributed by atoms with Crippen molar-refractivity contribution in [2.45, 2.75) is 33.6 Å². The highest BCUT2D eigenvalue weighted by Crippen LogP contribution is 2.03. The van der Waals surface area contributed by atoms with Gasteiger partial charge in [0.2, 0.25) is 5.91 Å². The second-order valence-corrected chi connectivity index (χ2v) is 4.14. The Morgan fingerprint density at radius 1 is 1.25 bits per heavy atom. The van der Waals surface area contributed by atoms with E-state index < -0.39 is 0 Å². The minimum Gasteiger partial charge on any atom is -0.273 e. The molecule has 112 valence electrons. The van der Waals surface area contributed by atoms with Gasteiger partial charge in [-0.2, -0.15) is 0 Å². The molecule has 0 radical (unpaired) electrons. The van der Waals surface area contributed by atoms with Crippen molar-refractivity contribution in [2.24, 2.45) is 0 Å². The van der Waals surface area contributed by atoms with Crippen LogP contribution in [0.4, 0.5) is 0 Å². The van der Waals surface area contributed by atoms with Crippen LogP contribution in [0.1, 0.15) is 33.6 Å². The molecule has 0 aromatic rings. The number of carbonyl (C=O) groups is 2. The average Bonchev–Trinajstić information content (AvgIpc) is 2.47. The Morgan fingerprint density at radius 2 is 1.95 bits per heavy atom. The fourth-order valence-electron chi connectivity index (χ4n) is 1.14. The van der Waals surface area contributed by atoms with Gasteiger partial charge in [-0.05, 0) is 18.9 Å². The molecule has 20 heavy (non-hydrogen) atoms. The Balaban J connectivity index is 4.32. The van der Waals surface area contributed by atoms with Crippen LogP contribution in [0.2, 0.25) is 0 Å². The highest BCUT2D eigenvalue weighted by atomic mass is 35.5. The van der Waals surface area contributed by atoms with Crippen molar-refractivity contribution >= 4 is 23.6 Å². The first-order valence-electron chi connectivity index (χ1n) is 6.40. The number of hydroxylamine groups is 1. The van der Waals surface area contributed by atoms with Crippen molar-refractivity contribution < 1.29 is 14.4 Å². The summed E-state index contributed by atoms with van der Waals surface area (Å²) in [7, 11) is 0. The largest absolute Gasteiger partial charge is 0.273 e. The standard InChI is InChI=1S/C14H21ClN2O3/c1-4-12(9-10-20-17-13(18)5-2)8-6-7-11(3)14(19)16-15/h6-9H,4-5,10H2,1-3H3,(H,16,19)(H,17,18)/b8-6-,11-7+,12-9+. The normalized spacial score (nSPS) is 12.6. The molecule has 0 aliphatic rings. The first-order chi connectivity index (χ1) is 9.54. The van der Waals surface area contributed by atoms with Gasteiger partial charge < -0.3 is 0 Å². The minimum atomic E-state index is -0.330. The molecule has 0 aliphatic heterocycles. The number of halogens is 1. The summed E-state index contributed by atoms with van der Waals surface area (Å²) in [4.78, 5) is 29.1. The second-order valence-electron chi connectivity index (χ2n) is 3.95. The number of allylic oxidation sites excluding steroid dienone is 4. The van der Waals surface area contributed by atoms with E-state index in [2.05, 4.69) is 5.48 Å². The number of nitrogens with one attached hydrogen (secondary N) is 2. The highest BCUT2D eigenvalue weighted by molar-refractivity contribution is 6.24. The van der Waals surface area contributed by atoms with Gasteiger partial charge in [0.25, 0.3) is 5.91 Å². The Labute approximate surface area is 124 Å². The number of amides is 2. The Morgan fingerprint density at radius 3 is 2.50 bits per heavy atom. The lowest BCUT2D eigenvalue weighted by molar-refractivity contribution is -0.132. The molecule has 0 aromatic heterocycles. The zero-order valence-electron chi connectivity index (χ0n) is 12.0. The minimum absolute atomic E-state index is 0.155. The predicted octanol–water partition coefficient (Wildman–Crippen LogP) is 2.55. The van der Waals surface area contributed by atoms with Crippen LogP contribution in [-0.4, -0.2) is 18.4 Å². The zero-order valence-corrected chi connectivity index (χ0v) is 12.8.